The molecule has 5 heteroatoms. The highest BCUT2D eigenvalue weighted by Crippen LogP contribution is 2.26. The second kappa shape index (κ2) is 9.36. The smallest absolute Gasteiger partial charge is 0.315 e. The van der Waals surface area contributed by atoms with Crippen molar-refractivity contribution in [2.45, 2.75) is 64.0 Å². The Morgan fingerprint density at radius 1 is 1.18 bits per heavy atom. The summed E-state index contributed by atoms with van der Waals surface area (Å²) >= 11 is 0. The van der Waals surface area contributed by atoms with Crippen molar-refractivity contribution < 1.29 is 9.53 Å². The number of amides is 2. The van der Waals surface area contributed by atoms with Crippen molar-refractivity contribution in [3.8, 4) is 0 Å². The Kier molecular flexibility index (Phi) is 7.46. The van der Waals surface area contributed by atoms with Gasteiger partial charge >= 0.3 is 6.03 Å². The molecule has 2 N–H and O–H groups in total. The fourth-order valence-electron chi connectivity index (χ4n) is 3.80. The summed E-state index contributed by atoms with van der Waals surface area (Å²) in [5.41, 5.74) is 0. The summed E-state index contributed by atoms with van der Waals surface area (Å²) in [6, 6.07) is 0.383. The quantitative estimate of drug-likeness (QED) is 0.792. The van der Waals surface area contributed by atoms with Crippen molar-refractivity contribution in [1.82, 2.24) is 15.5 Å². The lowest BCUT2D eigenvalue weighted by molar-refractivity contribution is 0.0416. The number of hydrogen-bond acceptors (Lipinski definition) is 3. The number of nitrogens with one attached hydrogen (secondary N) is 2. The van der Waals surface area contributed by atoms with Crippen molar-refractivity contribution in [2.75, 3.05) is 33.3 Å². The van der Waals surface area contributed by atoms with Gasteiger partial charge < -0.3 is 20.3 Å². The minimum atomic E-state index is 0.0112. The van der Waals surface area contributed by atoms with Gasteiger partial charge in [0.15, 0.2) is 0 Å². The van der Waals surface area contributed by atoms with Gasteiger partial charge in [0, 0.05) is 39.3 Å². The molecular formula is C17H33N3O2. The number of methoxy groups -OCH3 is 1. The summed E-state index contributed by atoms with van der Waals surface area (Å²) in [5, 5.41) is 6.21. The molecule has 1 saturated carbocycles. The topological polar surface area (TPSA) is 53.6 Å². The van der Waals surface area contributed by atoms with Gasteiger partial charge in [0.25, 0.3) is 0 Å². The molecule has 1 aliphatic heterocycles. The third kappa shape index (κ3) is 5.43. The van der Waals surface area contributed by atoms with E-state index in [0.717, 1.165) is 45.4 Å². The van der Waals surface area contributed by atoms with Crippen LogP contribution in [0.2, 0.25) is 0 Å². The molecule has 0 radical (unpaired) electrons. The van der Waals surface area contributed by atoms with Crippen LogP contribution in [0.25, 0.3) is 0 Å². The normalized spacial score (nSPS) is 27.5. The van der Waals surface area contributed by atoms with Crippen molar-refractivity contribution in [1.29, 1.82) is 0 Å². The minimum Gasteiger partial charge on any atom is -0.381 e. The first-order valence-electron chi connectivity index (χ1n) is 9.02. The average molecular weight is 311 g/mol. The average Bonchev–Trinajstić information content (AvgIpc) is 2.56. The van der Waals surface area contributed by atoms with E-state index >= 15 is 0 Å². The van der Waals surface area contributed by atoms with Gasteiger partial charge in [0.05, 0.1) is 6.10 Å². The molecule has 2 unspecified atom stereocenters. The number of ether oxygens (including phenoxy) is 1. The molecule has 2 amide bonds. The lowest BCUT2D eigenvalue weighted by Crippen LogP contribution is -2.48. The summed E-state index contributed by atoms with van der Waals surface area (Å²) in [4.78, 5) is 14.5. The number of rotatable bonds is 6. The second-order valence-corrected chi connectivity index (χ2v) is 6.74. The van der Waals surface area contributed by atoms with E-state index in [4.69, 9.17) is 4.74 Å². The van der Waals surface area contributed by atoms with E-state index < -0.39 is 0 Å². The van der Waals surface area contributed by atoms with Gasteiger partial charge in [-0.1, -0.05) is 26.2 Å². The molecule has 2 rings (SSSR count). The molecule has 1 heterocycles. The molecule has 128 valence electrons. The third-order valence-electron chi connectivity index (χ3n) is 5.33. The molecule has 1 aliphatic carbocycles. The highest BCUT2D eigenvalue weighted by atomic mass is 16.5. The van der Waals surface area contributed by atoms with E-state index in [1.807, 2.05) is 0 Å². The van der Waals surface area contributed by atoms with Crippen molar-refractivity contribution in [3.63, 3.8) is 0 Å². The Balaban J connectivity index is 1.59. The van der Waals surface area contributed by atoms with Crippen LogP contribution >= 0.6 is 0 Å². The summed E-state index contributed by atoms with van der Waals surface area (Å²) in [5.74, 6) is 0.660. The largest absolute Gasteiger partial charge is 0.381 e. The maximum Gasteiger partial charge on any atom is 0.315 e. The second-order valence-electron chi connectivity index (χ2n) is 6.74. The van der Waals surface area contributed by atoms with Crippen LogP contribution in [0, 0.1) is 5.92 Å². The third-order valence-corrected chi connectivity index (χ3v) is 5.33. The molecule has 2 atom stereocenters. The van der Waals surface area contributed by atoms with E-state index in [9.17, 15) is 4.79 Å². The van der Waals surface area contributed by atoms with E-state index in [2.05, 4.69) is 22.5 Å². The zero-order chi connectivity index (χ0) is 15.8. The van der Waals surface area contributed by atoms with Crippen molar-refractivity contribution in [3.05, 3.63) is 0 Å². The Bertz CT molecular complexity index is 330. The minimum absolute atomic E-state index is 0.0112. The van der Waals surface area contributed by atoms with Crippen LogP contribution in [0.1, 0.15) is 51.9 Å². The van der Waals surface area contributed by atoms with Crippen LogP contribution in [0.3, 0.4) is 0 Å². The monoisotopic (exact) mass is 311 g/mol. The van der Waals surface area contributed by atoms with Crippen molar-refractivity contribution in [2.24, 2.45) is 5.92 Å². The zero-order valence-corrected chi connectivity index (χ0v) is 14.3. The zero-order valence-electron chi connectivity index (χ0n) is 14.3. The van der Waals surface area contributed by atoms with E-state index in [1.54, 1.807) is 7.11 Å². The highest BCUT2D eigenvalue weighted by molar-refractivity contribution is 5.74. The molecule has 1 saturated heterocycles. The Labute approximate surface area is 135 Å². The number of hydrogen-bond donors (Lipinski definition) is 2. The van der Waals surface area contributed by atoms with Gasteiger partial charge in [0.2, 0.25) is 0 Å². The van der Waals surface area contributed by atoms with E-state index in [-0.39, 0.29) is 6.03 Å². The summed E-state index contributed by atoms with van der Waals surface area (Å²) in [6.45, 7) is 6.04. The first-order chi connectivity index (χ1) is 10.7. The first-order valence-corrected chi connectivity index (χ1v) is 9.02. The number of urea groups is 1. The summed E-state index contributed by atoms with van der Waals surface area (Å²) in [6.07, 6.45) is 8.74. The first kappa shape index (κ1) is 17.5. The summed E-state index contributed by atoms with van der Waals surface area (Å²) in [7, 11) is 1.79. The highest BCUT2D eigenvalue weighted by Gasteiger charge is 2.25. The van der Waals surface area contributed by atoms with Crippen LogP contribution in [-0.4, -0.2) is 56.4 Å². The van der Waals surface area contributed by atoms with Crippen molar-refractivity contribution >= 4 is 6.03 Å². The van der Waals surface area contributed by atoms with Gasteiger partial charge in [-0.25, -0.2) is 4.79 Å². The maximum atomic E-state index is 12.1. The number of likely N-dealkylation sites (tertiary alicyclic amines) is 1. The Hall–Kier alpha value is -0.810. The fraction of sp³-hybridized carbons (Fsp3) is 0.941. The maximum absolute atomic E-state index is 12.1. The number of carbonyl (C=O) groups excluding carboxylic acids is 1. The van der Waals surface area contributed by atoms with Gasteiger partial charge in [0.1, 0.15) is 0 Å². The van der Waals surface area contributed by atoms with Crippen LogP contribution in [-0.2, 0) is 4.74 Å². The van der Waals surface area contributed by atoms with Gasteiger partial charge in [-0.2, -0.15) is 0 Å². The molecule has 0 aromatic carbocycles. The van der Waals surface area contributed by atoms with Crippen LogP contribution < -0.4 is 10.6 Å². The predicted octanol–water partition coefficient (Wildman–Crippen LogP) is 2.37. The lowest BCUT2D eigenvalue weighted by Gasteiger charge is -2.32. The molecular weight excluding hydrogens is 278 g/mol. The molecule has 5 nitrogen and oxygen atoms in total. The van der Waals surface area contributed by atoms with Crippen LogP contribution in [0.15, 0.2) is 0 Å². The SMILES string of the molecule is CCC1CCCCC1NC(=O)NCCN1CCC(OC)CC1. The summed E-state index contributed by atoms with van der Waals surface area (Å²) < 4.78 is 5.38. The predicted molar refractivity (Wildman–Crippen MR) is 89.0 cm³/mol. The number of nitrogens with zero attached hydrogens (tertiary/aromatic N) is 1. The van der Waals surface area contributed by atoms with Crippen LogP contribution in [0.5, 0.6) is 0 Å². The Morgan fingerprint density at radius 2 is 1.91 bits per heavy atom. The molecule has 2 aliphatic rings. The number of carbonyl (C=O) groups is 1. The molecule has 0 spiro atoms. The fourth-order valence-corrected chi connectivity index (χ4v) is 3.80. The standard InChI is InChI=1S/C17H33N3O2/c1-3-14-6-4-5-7-16(14)19-17(21)18-10-13-20-11-8-15(22-2)9-12-20/h14-16H,3-13H2,1-2H3,(H2,18,19,21). The van der Waals surface area contributed by atoms with Gasteiger partial charge in [-0.3, -0.25) is 0 Å². The van der Waals surface area contributed by atoms with Crippen LogP contribution in [0.4, 0.5) is 4.79 Å². The lowest BCUT2D eigenvalue weighted by atomic mass is 9.83. The van der Waals surface area contributed by atoms with E-state index in [0.29, 0.717) is 18.1 Å². The molecule has 22 heavy (non-hydrogen) atoms. The molecule has 0 aromatic rings. The molecule has 0 aromatic heterocycles. The van der Waals surface area contributed by atoms with Gasteiger partial charge in [-0.15, -0.1) is 0 Å². The van der Waals surface area contributed by atoms with E-state index in [1.165, 1.54) is 25.7 Å². The molecule has 0 bridgehead atoms. The van der Waals surface area contributed by atoms with Gasteiger partial charge in [-0.05, 0) is 31.6 Å². The molecule has 2 fully saturated rings. The Morgan fingerprint density at radius 3 is 2.59 bits per heavy atom. The number of piperidine rings is 1.